The van der Waals surface area contributed by atoms with E-state index in [9.17, 15) is 8.42 Å². The standard InChI is InChI=1S/C21H17Cl3N4O3S/c1-27-21-19(17(11-32(27,29)30)25-15-9-31-10-15)26-28(18-7-6-14(23)8-16(18)24)20(21)12-2-4-13(22)5-3-12/h2-8,11,15,25H,9-10H2,1H3. The number of halogens is 3. The number of fused-ring (bicyclic) bond motifs is 1. The van der Waals surface area contributed by atoms with Crippen molar-refractivity contribution in [2.45, 2.75) is 6.04 Å². The summed E-state index contributed by atoms with van der Waals surface area (Å²) >= 11 is 18.7. The highest BCUT2D eigenvalue weighted by Crippen LogP contribution is 2.43. The van der Waals surface area contributed by atoms with Crippen molar-refractivity contribution in [2.75, 3.05) is 24.6 Å². The van der Waals surface area contributed by atoms with Gasteiger partial charge in [-0.1, -0.05) is 46.9 Å². The molecule has 1 aromatic heterocycles. The van der Waals surface area contributed by atoms with Crippen LogP contribution in [0, 0.1) is 0 Å². The summed E-state index contributed by atoms with van der Waals surface area (Å²) in [6.07, 6.45) is 0. The molecule has 166 valence electrons. The van der Waals surface area contributed by atoms with Crippen molar-refractivity contribution >= 4 is 56.2 Å². The number of aromatic nitrogens is 2. The summed E-state index contributed by atoms with van der Waals surface area (Å²) in [5, 5.41) is 10.7. The van der Waals surface area contributed by atoms with E-state index >= 15 is 0 Å². The average Bonchev–Trinajstić information content (AvgIpc) is 3.09. The van der Waals surface area contributed by atoms with Crippen molar-refractivity contribution in [1.29, 1.82) is 0 Å². The Kier molecular flexibility index (Phi) is 5.38. The molecule has 0 saturated carbocycles. The monoisotopic (exact) mass is 510 g/mol. The van der Waals surface area contributed by atoms with E-state index in [1.54, 1.807) is 35.0 Å². The highest BCUT2D eigenvalue weighted by Gasteiger charge is 2.36. The van der Waals surface area contributed by atoms with Gasteiger partial charge in [0, 0.05) is 22.7 Å². The third kappa shape index (κ3) is 3.66. The molecule has 2 aromatic carbocycles. The Morgan fingerprint density at radius 2 is 1.75 bits per heavy atom. The summed E-state index contributed by atoms with van der Waals surface area (Å²) < 4.78 is 34.1. The lowest BCUT2D eigenvalue weighted by molar-refractivity contribution is 0.00204. The molecule has 3 heterocycles. The van der Waals surface area contributed by atoms with Crippen LogP contribution in [-0.2, 0) is 14.8 Å². The van der Waals surface area contributed by atoms with Gasteiger partial charge in [-0.3, -0.25) is 4.31 Å². The highest BCUT2D eigenvalue weighted by molar-refractivity contribution is 7.95. The predicted octanol–water partition coefficient (Wildman–Crippen LogP) is 4.57. The smallest absolute Gasteiger partial charge is 0.259 e. The second-order valence-corrected chi connectivity index (χ2v) is 10.6. The van der Waals surface area contributed by atoms with E-state index in [4.69, 9.17) is 44.6 Å². The summed E-state index contributed by atoms with van der Waals surface area (Å²) in [7, 11) is -2.24. The van der Waals surface area contributed by atoms with Crippen LogP contribution in [0.4, 0.5) is 5.69 Å². The fourth-order valence-electron chi connectivity index (χ4n) is 3.64. The topological polar surface area (TPSA) is 76.5 Å². The number of hydrogen-bond donors (Lipinski definition) is 1. The molecule has 3 aromatic rings. The van der Waals surface area contributed by atoms with Crippen molar-refractivity contribution in [1.82, 2.24) is 15.1 Å². The number of ether oxygens (including phenoxy) is 1. The summed E-state index contributed by atoms with van der Waals surface area (Å²) in [5.41, 5.74) is 3.18. The number of rotatable bonds is 4. The van der Waals surface area contributed by atoms with Gasteiger partial charge in [-0.25, -0.2) is 13.1 Å². The molecule has 1 fully saturated rings. The van der Waals surface area contributed by atoms with Gasteiger partial charge >= 0.3 is 0 Å². The third-order valence-corrected chi connectivity index (χ3v) is 7.60. The molecule has 0 unspecified atom stereocenters. The lowest BCUT2D eigenvalue weighted by atomic mass is 10.1. The van der Waals surface area contributed by atoms with Crippen LogP contribution in [0.25, 0.3) is 22.6 Å². The van der Waals surface area contributed by atoms with E-state index in [1.807, 2.05) is 12.1 Å². The van der Waals surface area contributed by atoms with E-state index in [-0.39, 0.29) is 6.04 Å². The van der Waals surface area contributed by atoms with Crippen LogP contribution in [0.5, 0.6) is 0 Å². The Balaban J connectivity index is 1.79. The summed E-state index contributed by atoms with van der Waals surface area (Å²) in [5.74, 6) is 0. The first-order valence-electron chi connectivity index (χ1n) is 9.64. The molecule has 0 aliphatic carbocycles. The normalized spacial score (nSPS) is 17.5. The largest absolute Gasteiger partial charge is 0.377 e. The number of anilines is 1. The van der Waals surface area contributed by atoms with Gasteiger partial charge in [0.15, 0.2) is 0 Å². The average molecular weight is 512 g/mol. The maximum absolute atomic E-state index is 13.0. The SMILES string of the molecule is CN1c2c(nn(-c3ccc(Cl)cc3Cl)c2-c2ccc(Cl)cc2)C(NC2COC2)=CS1(=O)=O. The molecule has 2 aliphatic rings. The zero-order valence-corrected chi connectivity index (χ0v) is 19.8. The van der Waals surface area contributed by atoms with E-state index in [2.05, 4.69) is 5.32 Å². The van der Waals surface area contributed by atoms with Crippen LogP contribution in [0.15, 0.2) is 47.9 Å². The van der Waals surface area contributed by atoms with Gasteiger partial charge in [-0.15, -0.1) is 0 Å². The van der Waals surface area contributed by atoms with E-state index < -0.39 is 10.0 Å². The number of hydrogen-bond acceptors (Lipinski definition) is 5. The van der Waals surface area contributed by atoms with Crippen LogP contribution >= 0.6 is 34.8 Å². The van der Waals surface area contributed by atoms with Crippen LogP contribution in [0.3, 0.4) is 0 Å². The first kappa shape index (κ1) is 21.6. The molecule has 0 spiro atoms. The molecule has 1 N–H and O–H groups in total. The zero-order chi connectivity index (χ0) is 22.6. The Morgan fingerprint density at radius 3 is 2.38 bits per heavy atom. The Hall–Kier alpha value is -2.23. The lowest BCUT2D eigenvalue weighted by Gasteiger charge is -2.31. The fourth-order valence-corrected chi connectivity index (χ4v) is 5.31. The van der Waals surface area contributed by atoms with Crippen LogP contribution in [-0.4, -0.2) is 44.5 Å². The molecule has 11 heteroatoms. The number of nitrogens with one attached hydrogen (secondary N) is 1. The van der Waals surface area contributed by atoms with Crippen LogP contribution in [0.2, 0.25) is 15.1 Å². The molecule has 2 aliphatic heterocycles. The third-order valence-electron chi connectivity index (χ3n) is 5.33. The minimum Gasteiger partial charge on any atom is -0.377 e. The van der Waals surface area contributed by atoms with E-state index in [1.165, 1.54) is 16.8 Å². The van der Waals surface area contributed by atoms with Crippen molar-refractivity contribution in [3.63, 3.8) is 0 Å². The predicted molar refractivity (Wildman–Crippen MR) is 127 cm³/mol. The van der Waals surface area contributed by atoms with Crippen LogP contribution in [0.1, 0.15) is 5.69 Å². The summed E-state index contributed by atoms with van der Waals surface area (Å²) in [6.45, 7) is 0.993. The quantitative estimate of drug-likeness (QED) is 0.555. The molecule has 0 radical (unpaired) electrons. The molecular weight excluding hydrogens is 495 g/mol. The summed E-state index contributed by atoms with van der Waals surface area (Å²) in [4.78, 5) is 0. The Bertz CT molecular complexity index is 1350. The molecule has 7 nitrogen and oxygen atoms in total. The van der Waals surface area contributed by atoms with Gasteiger partial charge < -0.3 is 10.1 Å². The van der Waals surface area contributed by atoms with E-state index in [0.717, 1.165) is 5.56 Å². The first-order chi connectivity index (χ1) is 15.2. The van der Waals surface area contributed by atoms with Gasteiger partial charge in [0.2, 0.25) is 0 Å². The maximum Gasteiger partial charge on any atom is 0.259 e. The molecule has 5 rings (SSSR count). The molecular formula is C21H17Cl3N4O3S. The van der Waals surface area contributed by atoms with Gasteiger partial charge in [-0.05, 0) is 30.3 Å². The van der Waals surface area contributed by atoms with E-state index in [0.29, 0.717) is 56.7 Å². The van der Waals surface area contributed by atoms with Crippen molar-refractivity contribution < 1.29 is 13.2 Å². The Labute approximate surface area is 200 Å². The molecule has 0 atom stereocenters. The number of nitrogens with zero attached hydrogens (tertiary/aromatic N) is 3. The Morgan fingerprint density at radius 1 is 1.06 bits per heavy atom. The summed E-state index contributed by atoms with van der Waals surface area (Å²) in [6, 6.07) is 12.2. The minimum atomic E-state index is -3.74. The maximum atomic E-state index is 13.0. The molecule has 0 bridgehead atoms. The van der Waals surface area contributed by atoms with Crippen molar-refractivity contribution in [2.24, 2.45) is 0 Å². The van der Waals surface area contributed by atoms with Gasteiger partial charge in [-0.2, -0.15) is 5.10 Å². The van der Waals surface area contributed by atoms with Gasteiger partial charge in [0.1, 0.15) is 11.4 Å². The molecule has 32 heavy (non-hydrogen) atoms. The highest BCUT2D eigenvalue weighted by atomic mass is 35.5. The minimum absolute atomic E-state index is 0.0101. The number of benzene rings is 2. The zero-order valence-electron chi connectivity index (χ0n) is 16.7. The molecule has 0 amide bonds. The number of sulfonamides is 1. The van der Waals surface area contributed by atoms with Gasteiger partial charge in [0.05, 0.1) is 46.8 Å². The van der Waals surface area contributed by atoms with Crippen LogP contribution < -0.4 is 9.62 Å². The lowest BCUT2D eigenvalue weighted by Crippen LogP contribution is -2.46. The fraction of sp³-hybridized carbons (Fsp3) is 0.190. The van der Waals surface area contributed by atoms with Gasteiger partial charge in [0.25, 0.3) is 10.0 Å². The molecule has 1 saturated heterocycles. The van der Waals surface area contributed by atoms with Crippen molar-refractivity contribution in [3.8, 4) is 16.9 Å². The second-order valence-electron chi connectivity index (χ2n) is 7.48. The van der Waals surface area contributed by atoms with Crippen molar-refractivity contribution in [3.05, 3.63) is 68.6 Å². The first-order valence-corrected chi connectivity index (χ1v) is 12.3. The second kappa shape index (κ2) is 7.97.